The molecule has 10 aromatic rings. The fraction of sp³-hybridized carbons (Fsp3) is 0.469. The number of sulfone groups is 5. The number of nitrogens with zero attached hydrogens (tertiary/aromatic N) is 6. The number of hydrogen-bond acceptors (Lipinski definition) is 20. The van der Waals surface area contributed by atoms with Crippen molar-refractivity contribution in [3.8, 4) is 0 Å². The first-order valence-corrected chi connectivity index (χ1v) is 60.3. The molecule has 0 bridgehead atoms. The minimum atomic E-state index is -3.53. The summed E-state index contributed by atoms with van der Waals surface area (Å²) in [7, 11) is -18.9. The average molecular weight is 2080 g/mol. The Morgan fingerprint density at radius 1 is 0.303 bits per heavy atom. The fourth-order valence-corrected chi connectivity index (χ4v) is 23.7. The number of aryl methyl sites for hydroxylation is 10. The normalized spacial score (nSPS) is 17.9. The lowest BCUT2D eigenvalue weighted by Crippen LogP contribution is -2.48. The molecule has 0 radical (unpaired) electrons. The van der Waals surface area contributed by atoms with E-state index in [0.29, 0.717) is 18.0 Å². The van der Waals surface area contributed by atoms with Crippen LogP contribution in [-0.2, 0) is 171 Å². The lowest BCUT2D eigenvalue weighted by molar-refractivity contribution is -0.129. The summed E-state index contributed by atoms with van der Waals surface area (Å²) in [4.78, 5) is 25.3. The van der Waals surface area contributed by atoms with E-state index in [9.17, 15) is 55.3 Å². The summed E-state index contributed by atoms with van der Waals surface area (Å²) in [6, 6.07) is 76.1. The molecule has 0 N–H and O–H groups in total. The summed E-state index contributed by atoms with van der Waals surface area (Å²) in [5, 5.41) is -1.00. The summed E-state index contributed by atoms with van der Waals surface area (Å²) < 4.78 is 165. The topological polar surface area (TPSA) is 279 Å². The predicted octanol–water partition coefficient (Wildman–Crippen LogP) is 19.7. The highest BCUT2D eigenvalue weighted by molar-refractivity contribution is 7.92. The van der Waals surface area contributed by atoms with E-state index < -0.39 is 59.2 Å². The molecule has 0 unspecified atom stereocenters. The van der Waals surface area contributed by atoms with Gasteiger partial charge in [-0.25, -0.2) is 55.5 Å². The third-order valence-electron chi connectivity index (χ3n) is 26.2. The smallest absolute Gasteiger partial charge is 0.243 e. The van der Waals surface area contributed by atoms with E-state index in [2.05, 4.69) is 126 Å². The standard InChI is InChI=1S/C24H32N2O3S.C24H33NO5S2.C24H33NO3S.C23H32N2O3S.C18H21ClO2S/c1-19(2)30(28,29)18-23-8-6-21(7-9-23)4-5-22-10-12-24(13-11-22)26-16-14-25(15-17-26)20(3)27;1-18(2)31(26,27)17-23-9-7-21(8-10-23)5-6-22-11-13-24(14-12-22)32(28,29)25-15-19(3)30-20(4)16-25;1-18(2)29(26,27)17-23-9-7-21(8-10-23)5-6-22-11-13-24(14-12-22)25-15-19(3)28-20(4)16-25;1-17(2)29(26,27)16-22-9-6-20(7-10-22)5-8-21-11-12-23(24-13-21)25-14-18(3)28-19(4)15-25;1-14(2)22(20,21)13-17-10-7-15(8-11-17)6-9-16-4-3-5-18(19)12-16/h6-13,19H,4-5,14-18H2,1-3H3;7-14,18-20H,5-6,15-17H2,1-4H3;7-14,18-20H,5-6,15-17H2,1-4H3;6-7,9-13,17-19H,5,8,14-16H2,1-4H3;3-5,7-8,10-12,14H,6,9,13H2,1-2H3/t;19-,20+;19-,20-;18-,19+;/m..1../s1. The summed E-state index contributed by atoms with van der Waals surface area (Å²) in [6.45, 7) is 38.7. The highest BCUT2D eigenvalue weighted by atomic mass is 35.5. The molecule has 0 saturated carbocycles. The lowest BCUT2D eigenvalue weighted by atomic mass is 10.0. The van der Waals surface area contributed by atoms with Crippen LogP contribution in [0.1, 0.15) is 201 Å². The number of amides is 1. The number of anilines is 3. The van der Waals surface area contributed by atoms with Crippen LogP contribution in [0.2, 0.25) is 5.02 Å². The Labute approximate surface area is 854 Å². The van der Waals surface area contributed by atoms with E-state index in [0.717, 1.165) is 166 Å². The number of ether oxygens (including phenoxy) is 3. The number of benzene rings is 9. The molecule has 6 atom stereocenters. The molecule has 4 fully saturated rings. The Morgan fingerprint density at radius 3 is 0.824 bits per heavy atom. The molecule has 14 rings (SSSR count). The SMILES string of the molecule is CC(=O)N1CCN(c2ccc(CCc3ccc(CS(=O)(=O)C(C)C)cc3)cc2)CC1.CC(C)S(=O)(=O)Cc1ccc(CCc2ccc(N3C[C@@H](C)O[C@@H](C)C3)nc2)cc1.CC(C)S(=O)(=O)Cc1ccc(CCc2ccc(N3C[C@@H](C)O[C@H](C)C3)cc2)cc1.CC(C)S(=O)(=O)Cc1ccc(CCc2ccc(S(=O)(=O)N3C[C@@H](C)O[C@@H](C)C3)cc2)cc1.CC(C)S(=O)(=O)Cc1ccc(CCc2cccc(Cl)c2)cc1. The van der Waals surface area contributed by atoms with Gasteiger partial charge in [0.25, 0.3) is 0 Å². The van der Waals surface area contributed by atoms with Crippen molar-refractivity contribution in [2.24, 2.45) is 0 Å². The van der Waals surface area contributed by atoms with Gasteiger partial charge in [-0.05, 0) is 313 Å². The highest BCUT2D eigenvalue weighted by Crippen LogP contribution is 2.29. The summed E-state index contributed by atoms with van der Waals surface area (Å²) >= 11 is 5.98. The second kappa shape index (κ2) is 53.3. The van der Waals surface area contributed by atoms with Crippen molar-refractivity contribution in [2.75, 3.05) is 80.1 Å². The Hall–Kier alpha value is -9.17. The predicted molar refractivity (Wildman–Crippen MR) is 581 cm³/mol. The minimum absolute atomic E-state index is 0.0571. The van der Waals surface area contributed by atoms with Crippen LogP contribution < -0.4 is 14.7 Å². The first-order chi connectivity index (χ1) is 67.0. The quantitative estimate of drug-likeness (QED) is 0.0357. The zero-order valence-electron chi connectivity index (χ0n) is 86.1. The minimum Gasteiger partial charge on any atom is -0.373 e. The number of hydrogen-bond donors (Lipinski definition) is 0. The van der Waals surface area contributed by atoms with Gasteiger partial charge in [0, 0.05) is 95.0 Å². The van der Waals surface area contributed by atoms with E-state index in [4.69, 9.17) is 25.8 Å². The molecule has 4 saturated heterocycles. The number of piperazine rings is 1. The molecule has 1 aromatic heterocycles. The van der Waals surface area contributed by atoms with Crippen LogP contribution in [-0.4, -0.2) is 199 Å². The number of rotatable bonds is 35. The Morgan fingerprint density at radius 2 is 0.549 bits per heavy atom. The molecule has 29 heteroatoms. The summed E-state index contributed by atoms with van der Waals surface area (Å²) in [5.41, 5.74) is 18.7. The van der Waals surface area contributed by atoms with Gasteiger partial charge in [0.15, 0.2) is 49.2 Å². The Kier molecular flexibility index (Phi) is 43.0. The van der Waals surface area contributed by atoms with Crippen molar-refractivity contribution in [3.05, 3.63) is 325 Å². The van der Waals surface area contributed by atoms with E-state index in [1.807, 2.05) is 164 Å². The van der Waals surface area contributed by atoms with Gasteiger partial charge in [-0.3, -0.25) is 4.79 Å². The number of sulfonamides is 1. The van der Waals surface area contributed by atoms with Gasteiger partial charge in [0.2, 0.25) is 15.9 Å². The second-order valence-corrected chi connectivity index (χ2v) is 55.1. The van der Waals surface area contributed by atoms with E-state index in [1.165, 1.54) is 60.2 Å². The third-order valence-corrected chi connectivity index (χ3v) is 39.1. The monoisotopic (exact) mass is 2070 g/mol. The van der Waals surface area contributed by atoms with Gasteiger partial charge < -0.3 is 33.8 Å². The van der Waals surface area contributed by atoms with Crippen LogP contribution in [0.4, 0.5) is 17.2 Å². The number of halogens is 1. The zero-order valence-corrected chi connectivity index (χ0v) is 91.7. The maximum absolute atomic E-state index is 13.0. The number of carbonyl (C=O) groups excluding carboxylic acids is 1. The summed E-state index contributed by atoms with van der Waals surface area (Å²) in [5.74, 6) is 1.65. The van der Waals surface area contributed by atoms with Crippen LogP contribution in [0.25, 0.3) is 0 Å². The second-order valence-electron chi connectivity index (χ2n) is 39.9. The molecule has 142 heavy (non-hydrogen) atoms. The first kappa shape index (κ1) is 115. The number of morpholine rings is 3. The van der Waals surface area contributed by atoms with Gasteiger partial charge in [-0.2, -0.15) is 4.31 Å². The number of aromatic nitrogens is 1. The van der Waals surface area contributed by atoms with Gasteiger partial charge in [-0.1, -0.05) is 188 Å². The third kappa shape index (κ3) is 36.8. The van der Waals surface area contributed by atoms with Crippen molar-refractivity contribution < 1.29 is 69.5 Å². The van der Waals surface area contributed by atoms with Crippen LogP contribution in [0.3, 0.4) is 0 Å². The molecule has 9 aromatic carbocycles. The Balaban J connectivity index is 0.000000183. The van der Waals surface area contributed by atoms with Crippen LogP contribution in [0, 0.1) is 0 Å². The molecule has 4 aliphatic heterocycles. The summed E-state index contributed by atoms with van der Waals surface area (Å²) in [6.07, 6.45) is 11.7. The maximum atomic E-state index is 13.0. The average Bonchev–Trinajstić information content (AvgIpc) is 0.790. The molecule has 22 nitrogen and oxygen atoms in total. The van der Waals surface area contributed by atoms with Crippen molar-refractivity contribution in [1.82, 2.24) is 14.2 Å². The molecule has 4 aliphatic rings. The van der Waals surface area contributed by atoms with Gasteiger partial charge in [0.05, 0.1) is 96.5 Å². The van der Waals surface area contributed by atoms with Crippen LogP contribution in [0.15, 0.2) is 242 Å². The molecule has 5 heterocycles. The molecular weight excluding hydrogens is 1930 g/mol. The number of carbonyl (C=O) groups is 1. The van der Waals surface area contributed by atoms with Crippen molar-refractivity contribution in [1.29, 1.82) is 0 Å². The zero-order chi connectivity index (χ0) is 103. The molecule has 772 valence electrons. The van der Waals surface area contributed by atoms with E-state index in [1.54, 1.807) is 88.3 Å². The molecule has 1 amide bonds. The first-order valence-electron chi connectivity index (χ1n) is 49.9. The van der Waals surface area contributed by atoms with Crippen molar-refractivity contribution in [2.45, 2.75) is 278 Å². The van der Waals surface area contributed by atoms with Crippen molar-refractivity contribution >= 4 is 93.9 Å². The van der Waals surface area contributed by atoms with Crippen molar-refractivity contribution in [3.63, 3.8) is 0 Å². The van der Waals surface area contributed by atoms with E-state index in [-0.39, 0.29) is 97.5 Å². The van der Waals surface area contributed by atoms with Crippen LogP contribution >= 0.6 is 11.6 Å². The highest BCUT2D eigenvalue weighted by Gasteiger charge is 2.33. The van der Waals surface area contributed by atoms with Crippen LogP contribution in [0.5, 0.6) is 0 Å². The largest absolute Gasteiger partial charge is 0.373 e. The Bertz CT molecular complexity index is 6180. The van der Waals surface area contributed by atoms with Gasteiger partial charge >= 0.3 is 0 Å². The molecular formula is C113H151ClN6O16S6. The molecule has 0 aliphatic carbocycles. The van der Waals surface area contributed by atoms with Gasteiger partial charge in [0.1, 0.15) is 5.82 Å². The molecule has 0 spiro atoms. The fourth-order valence-electron chi connectivity index (χ4n) is 17.0. The maximum Gasteiger partial charge on any atom is 0.243 e. The number of pyridine rings is 1. The van der Waals surface area contributed by atoms with Gasteiger partial charge in [-0.15, -0.1) is 0 Å². The van der Waals surface area contributed by atoms with E-state index >= 15 is 0 Å². The lowest BCUT2D eigenvalue weighted by Gasteiger charge is -2.36.